The van der Waals surface area contributed by atoms with E-state index in [-0.39, 0.29) is 5.78 Å². The van der Waals surface area contributed by atoms with Crippen molar-refractivity contribution in [2.24, 2.45) is 0 Å². The van der Waals surface area contributed by atoms with Gasteiger partial charge in [-0.1, -0.05) is 37.6 Å². The number of nitrogens with one attached hydrogen (secondary N) is 1. The van der Waals surface area contributed by atoms with Gasteiger partial charge >= 0.3 is 0 Å². The number of carbonyl (C=O) groups is 1. The van der Waals surface area contributed by atoms with Crippen molar-refractivity contribution < 1.29 is 4.79 Å². The van der Waals surface area contributed by atoms with Crippen molar-refractivity contribution in [2.45, 2.75) is 13.8 Å². The second kappa shape index (κ2) is 7.68. The normalized spacial score (nSPS) is 10.4. The maximum atomic E-state index is 12.7. The summed E-state index contributed by atoms with van der Waals surface area (Å²) in [6.07, 6.45) is 3.42. The number of aromatic nitrogens is 3. The minimum absolute atomic E-state index is 0.177. The second-order valence-corrected chi connectivity index (χ2v) is 6.56. The molecule has 0 bridgehead atoms. The third-order valence-electron chi connectivity index (χ3n) is 3.71. The lowest BCUT2D eigenvalue weighted by Gasteiger charge is -2.03. The zero-order valence-corrected chi connectivity index (χ0v) is 15.9. The summed E-state index contributed by atoms with van der Waals surface area (Å²) in [6.45, 7) is 4.00. The Morgan fingerprint density at radius 1 is 1.19 bits per heavy atom. The molecule has 1 aromatic carbocycles. The number of carbonyl (C=O) groups excluding carboxylic acids is 1. The van der Waals surface area contributed by atoms with Crippen LogP contribution in [-0.4, -0.2) is 20.7 Å². The van der Waals surface area contributed by atoms with E-state index in [1.807, 2.05) is 44.2 Å². The third-order valence-corrected chi connectivity index (χ3v) is 4.63. The number of H-pyrrole nitrogens is 1. The number of thiazole rings is 1. The molecule has 0 unspecified atom stereocenters. The van der Waals surface area contributed by atoms with Gasteiger partial charge in [0.2, 0.25) is 5.78 Å². The van der Waals surface area contributed by atoms with Gasteiger partial charge in [0.1, 0.15) is 11.3 Å². The molecule has 4 aromatic rings. The molecular weight excluding hydrogens is 368 g/mol. The average molecular weight is 385 g/mol. The van der Waals surface area contributed by atoms with Crippen LogP contribution in [0.2, 0.25) is 5.02 Å². The fourth-order valence-corrected chi connectivity index (χ4v) is 3.19. The van der Waals surface area contributed by atoms with E-state index >= 15 is 0 Å². The number of halogens is 1. The van der Waals surface area contributed by atoms with E-state index in [0.29, 0.717) is 27.1 Å². The van der Waals surface area contributed by atoms with Gasteiger partial charge < -0.3 is 10.7 Å². The van der Waals surface area contributed by atoms with Crippen LogP contribution < -0.4 is 5.73 Å². The van der Waals surface area contributed by atoms with Crippen LogP contribution >= 0.6 is 22.9 Å². The Morgan fingerprint density at radius 2 is 1.92 bits per heavy atom. The summed E-state index contributed by atoms with van der Waals surface area (Å²) in [5.74, 6) is -0.177. The molecule has 0 aliphatic heterocycles. The molecule has 0 atom stereocenters. The number of hydrogen-bond donors (Lipinski definition) is 2. The first-order valence-corrected chi connectivity index (χ1v) is 9.36. The molecule has 0 spiro atoms. The van der Waals surface area contributed by atoms with E-state index < -0.39 is 0 Å². The van der Waals surface area contributed by atoms with Crippen molar-refractivity contribution in [1.82, 2.24) is 15.0 Å². The van der Waals surface area contributed by atoms with Gasteiger partial charge in [-0.2, -0.15) is 0 Å². The van der Waals surface area contributed by atoms with Crippen molar-refractivity contribution in [3.63, 3.8) is 0 Å². The maximum absolute atomic E-state index is 12.7. The number of nitrogen functional groups attached to an aromatic ring is 1. The molecule has 0 fully saturated rings. The highest BCUT2D eigenvalue weighted by Gasteiger charge is 2.18. The van der Waals surface area contributed by atoms with Crippen LogP contribution in [-0.2, 0) is 0 Å². The number of pyridine rings is 1. The summed E-state index contributed by atoms with van der Waals surface area (Å²) >= 11 is 7.18. The van der Waals surface area contributed by atoms with Crippen LogP contribution in [0.15, 0.2) is 48.1 Å². The average Bonchev–Trinajstić information content (AvgIpc) is 3.29. The van der Waals surface area contributed by atoms with Crippen LogP contribution in [0.5, 0.6) is 0 Å². The monoisotopic (exact) mass is 384 g/mol. The van der Waals surface area contributed by atoms with Gasteiger partial charge in [0.15, 0.2) is 5.13 Å². The lowest BCUT2D eigenvalue weighted by Crippen LogP contribution is -2.01. The smallest absolute Gasteiger partial charge is 0.214 e. The molecule has 0 saturated carbocycles. The molecule has 3 heterocycles. The van der Waals surface area contributed by atoms with Gasteiger partial charge in [-0.05, 0) is 23.8 Å². The summed E-state index contributed by atoms with van der Waals surface area (Å²) in [5.41, 5.74) is 9.03. The van der Waals surface area contributed by atoms with Crippen LogP contribution in [0.3, 0.4) is 0 Å². The predicted octanol–water partition coefficient (Wildman–Crippen LogP) is 5.18. The fourth-order valence-electron chi connectivity index (χ4n) is 2.52. The topological polar surface area (TPSA) is 84.7 Å². The van der Waals surface area contributed by atoms with Gasteiger partial charge in [0, 0.05) is 33.7 Å². The van der Waals surface area contributed by atoms with E-state index in [9.17, 15) is 4.79 Å². The number of nitrogens with zero attached hydrogens (tertiary/aromatic N) is 2. The SMILES string of the molecule is CC.Nc1nc(C(=O)c2c[nH]c3ncc(-c4ccc(Cl)cc4)cc23)cs1. The number of rotatable bonds is 3. The first-order valence-electron chi connectivity index (χ1n) is 8.10. The molecule has 132 valence electrons. The number of benzene rings is 1. The van der Waals surface area contributed by atoms with Gasteiger partial charge in [0.25, 0.3) is 0 Å². The van der Waals surface area contributed by atoms with Gasteiger partial charge in [-0.15, -0.1) is 11.3 Å². The van der Waals surface area contributed by atoms with Crippen molar-refractivity contribution in [3.05, 3.63) is 64.4 Å². The Morgan fingerprint density at radius 3 is 2.58 bits per heavy atom. The Bertz CT molecular complexity index is 1050. The maximum Gasteiger partial charge on any atom is 0.214 e. The van der Waals surface area contributed by atoms with Gasteiger partial charge in [-0.3, -0.25) is 4.79 Å². The zero-order valence-electron chi connectivity index (χ0n) is 14.3. The Kier molecular flexibility index (Phi) is 5.35. The summed E-state index contributed by atoms with van der Waals surface area (Å²) in [7, 11) is 0. The van der Waals surface area contributed by atoms with Crippen molar-refractivity contribution in [1.29, 1.82) is 0 Å². The molecule has 3 N–H and O–H groups in total. The molecule has 0 aliphatic carbocycles. The van der Waals surface area contributed by atoms with Gasteiger partial charge in [-0.25, -0.2) is 9.97 Å². The molecule has 0 aliphatic rings. The van der Waals surface area contributed by atoms with Crippen molar-refractivity contribution in [2.75, 3.05) is 5.73 Å². The predicted molar refractivity (Wildman–Crippen MR) is 108 cm³/mol. The summed E-state index contributed by atoms with van der Waals surface area (Å²) in [4.78, 5) is 24.1. The second-order valence-electron chi connectivity index (χ2n) is 5.23. The molecule has 0 amide bonds. The fraction of sp³-hybridized carbons (Fsp3) is 0.105. The van der Waals surface area contributed by atoms with E-state index in [0.717, 1.165) is 16.5 Å². The molecular formula is C19H17ClN4OS. The van der Waals surface area contributed by atoms with E-state index in [2.05, 4.69) is 15.0 Å². The standard InChI is InChI=1S/C17H11ClN4OS.C2H6/c18-11-3-1-9(2-4-11)10-5-12-13(7-21-16(12)20-6-10)15(23)14-8-24-17(19)22-14;1-2/h1-8H,(H2,19,22)(H,20,21);1-2H3. The highest BCUT2D eigenvalue weighted by atomic mass is 35.5. The van der Waals surface area contributed by atoms with Crippen molar-refractivity contribution >= 4 is 44.9 Å². The first-order chi connectivity index (χ1) is 12.6. The molecule has 4 rings (SSSR count). The Hall–Kier alpha value is -2.70. The number of aromatic amines is 1. The van der Waals surface area contributed by atoms with E-state index in [4.69, 9.17) is 17.3 Å². The summed E-state index contributed by atoms with van der Waals surface area (Å²) < 4.78 is 0. The number of fused-ring (bicyclic) bond motifs is 1. The van der Waals surface area contributed by atoms with E-state index in [1.54, 1.807) is 17.8 Å². The van der Waals surface area contributed by atoms with Crippen LogP contribution in [0.1, 0.15) is 29.9 Å². The lowest BCUT2D eigenvalue weighted by atomic mass is 10.0. The molecule has 0 radical (unpaired) electrons. The van der Waals surface area contributed by atoms with Crippen LogP contribution in [0.4, 0.5) is 5.13 Å². The van der Waals surface area contributed by atoms with Gasteiger partial charge in [0.05, 0.1) is 5.56 Å². The molecule has 0 saturated heterocycles. The first kappa shape index (κ1) is 18.1. The molecule has 7 heteroatoms. The highest BCUT2D eigenvalue weighted by molar-refractivity contribution is 7.13. The molecule has 5 nitrogen and oxygen atoms in total. The van der Waals surface area contributed by atoms with Crippen molar-refractivity contribution in [3.8, 4) is 11.1 Å². The molecule has 3 aromatic heterocycles. The number of ketones is 1. The Labute approximate surface area is 159 Å². The van der Waals surface area contributed by atoms with Crippen LogP contribution in [0.25, 0.3) is 22.2 Å². The third kappa shape index (κ3) is 3.47. The summed E-state index contributed by atoms with van der Waals surface area (Å²) in [5, 5.41) is 3.45. The Balaban J connectivity index is 0.000000948. The minimum atomic E-state index is -0.177. The lowest BCUT2D eigenvalue weighted by molar-refractivity contribution is 0.103. The minimum Gasteiger partial charge on any atom is -0.375 e. The van der Waals surface area contributed by atoms with Crippen LogP contribution in [0, 0.1) is 0 Å². The van der Waals surface area contributed by atoms with E-state index in [1.165, 1.54) is 11.3 Å². The largest absolute Gasteiger partial charge is 0.375 e. The quantitative estimate of drug-likeness (QED) is 0.476. The number of anilines is 1. The summed E-state index contributed by atoms with van der Waals surface area (Å²) in [6, 6.07) is 9.41. The highest BCUT2D eigenvalue weighted by Crippen LogP contribution is 2.27. The number of hydrogen-bond acceptors (Lipinski definition) is 5. The number of nitrogens with two attached hydrogens (primary N) is 1. The zero-order chi connectivity index (χ0) is 18.7. The molecule has 26 heavy (non-hydrogen) atoms.